The molecule has 2 aromatic rings. The number of rotatable bonds is 8. The van der Waals surface area contributed by atoms with Crippen molar-refractivity contribution in [2.24, 2.45) is 5.73 Å². The summed E-state index contributed by atoms with van der Waals surface area (Å²) in [4.78, 5) is 34.6. The van der Waals surface area contributed by atoms with Crippen molar-refractivity contribution in [2.45, 2.75) is 26.7 Å². The largest absolute Gasteiger partial charge is 0.494 e. The van der Waals surface area contributed by atoms with Crippen molar-refractivity contribution in [1.29, 1.82) is 0 Å². The van der Waals surface area contributed by atoms with Crippen LogP contribution >= 0.6 is 0 Å². The van der Waals surface area contributed by atoms with Gasteiger partial charge in [-0.2, -0.15) is 0 Å². The van der Waals surface area contributed by atoms with Crippen LogP contribution in [-0.2, 0) is 4.79 Å². The van der Waals surface area contributed by atoms with Crippen molar-refractivity contribution in [1.82, 2.24) is 0 Å². The Morgan fingerprint density at radius 1 is 1.08 bits per heavy atom. The number of ether oxygens (including phenoxy) is 1. The van der Waals surface area contributed by atoms with Crippen LogP contribution in [0.1, 0.15) is 46.0 Å². The summed E-state index contributed by atoms with van der Waals surface area (Å²) in [5.74, 6) is -0.0302. The van der Waals surface area contributed by atoms with Crippen molar-refractivity contribution in [3.05, 3.63) is 59.2 Å². The topological polar surface area (TPSA) is 98.5 Å². The van der Waals surface area contributed by atoms with E-state index in [4.69, 9.17) is 10.5 Å². The summed E-state index contributed by atoms with van der Waals surface area (Å²) < 4.78 is 5.56. The molecule has 0 aliphatic carbocycles. The number of amides is 2. The van der Waals surface area contributed by atoms with Crippen molar-refractivity contribution in [2.75, 3.05) is 11.9 Å². The van der Waals surface area contributed by atoms with Crippen molar-refractivity contribution in [3.8, 4) is 5.75 Å². The maximum atomic E-state index is 12.1. The highest BCUT2D eigenvalue weighted by Crippen LogP contribution is 2.19. The Morgan fingerprint density at radius 2 is 1.77 bits per heavy atom. The van der Waals surface area contributed by atoms with E-state index in [0.717, 1.165) is 0 Å². The van der Waals surface area contributed by atoms with Crippen molar-refractivity contribution in [3.63, 3.8) is 0 Å². The Bertz CT molecular complexity index is 813. The normalized spacial score (nSPS) is 10.2. The third-order valence-electron chi connectivity index (χ3n) is 3.95. The van der Waals surface area contributed by atoms with Crippen LogP contribution in [0.25, 0.3) is 0 Å². The standard InChI is InChI=1S/C20H22N2O4/c1-13-17(20(21)25)5-3-6-18(13)22-19(24)7-4-12-26-16-10-8-15(9-11-16)14(2)23/h3,5-6,8-11H,4,7,12H2,1-2H3,(H2,21,25)(H,22,24). The van der Waals surface area contributed by atoms with Crippen LogP contribution in [0.15, 0.2) is 42.5 Å². The van der Waals surface area contributed by atoms with Gasteiger partial charge >= 0.3 is 0 Å². The van der Waals surface area contributed by atoms with E-state index in [1.807, 2.05) is 0 Å². The smallest absolute Gasteiger partial charge is 0.249 e. The highest BCUT2D eigenvalue weighted by atomic mass is 16.5. The quantitative estimate of drug-likeness (QED) is 0.562. The molecule has 0 saturated carbocycles. The minimum atomic E-state index is -0.525. The van der Waals surface area contributed by atoms with E-state index in [1.165, 1.54) is 6.92 Å². The molecule has 0 aromatic heterocycles. The van der Waals surface area contributed by atoms with Crippen LogP contribution in [0.4, 0.5) is 5.69 Å². The number of carbonyl (C=O) groups excluding carboxylic acids is 3. The number of benzene rings is 2. The van der Waals surface area contributed by atoms with Gasteiger partial charge in [0.05, 0.1) is 6.61 Å². The minimum absolute atomic E-state index is 0.00363. The molecular weight excluding hydrogens is 332 g/mol. The summed E-state index contributed by atoms with van der Waals surface area (Å²) in [6, 6.07) is 11.9. The molecule has 2 amide bonds. The van der Waals surface area contributed by atoms with Gasteiger partial charge in [0.25, 0.3) is 0 Å². The molecule has 2 aromatic carbocycles. The van der Waals surface area contributed by atoms with E-state index in [9.17, 15) is 14.4 Å². The molecule has 0 saturated heterocycles. The Kier molecular flexibility index (Phi) is 6.49. The predicted molar refractivity (Wildman–Crippen MR) is 99.5 cm³/mol. The van der Waals surface area contributed by atoms with Crippen LogP contribution in [-0.4, -0.2) is 24.2 Å². The van der Waals surface area contributed by atoms with E-state index in [-0.39, 0.29) is 18.1 Å². The van der Waals surface area contributed by atoms with Gasteiger partial charge in [-0.3, -0.25) is 14.4 Å². The molecule has 6 nitrogen and oxygen atoms in total. The summed E-state index contributed by atoms with van der Waals surface area (Å²) in [6.45, 7) is 3.63. The van der Waals surface area contributed by atoms with Crippen molar-refractivity contribution >= 4 is 23.3 Å². The Labute approximate surface area is 152 Å². The first kappa shape index (κ1) is 19.2. The van der Waals surface area contributed by atoms with Gasteiger partial charge in [-0.15, -0.1) is 0 Å². The minimum Gasteiger partial charge on any atom is -0.494 e. The second-order valence-electron chi connectivity index (χ2n) is 5.92. The number of hydrogen-bond acceptors (Lipinski definition) is 4. The molecule has 0 atom stereocenters. The van der Waals surface area contributed by atoms with Gasteiger partial charge in [-0.1, -0.05) is 6.07 Å². The third kappa shape index (κ3) is 5.17. The zero-order valence-corrected chi connectivity index (χ0v) is 14.9. The molecule has 0 aliphatic rings. The lowest BCUT2D eigenvalue weighted by Crippen LogP contribution is -2.17. The highest BCUT2D eigenvalue weighted by molar-refractivity contribution is 5.98. The first-order valence-corrected chi connectivity index (χ1v) is 8.31. The van der Waals surface area contributed by atoms with Crippen LogP contribution in [0.5, 0.6) is 5.75 Å². The molecule has 0 fully saturated rings. The van der Waals surface area contributed by atoms with Gasteiger partial charge in [0.1, 0.15) is 5.75 Å². The summed E-state index contributed by atoms with van der Waals surface area (Å²) in [7, 11) is 0. The number of Topliss-reactive ketones (excluding diaryl/α,β-unsaturated/α-hetero) is 1. The SMILES string of the molecule is CC(=O)c1ccc(OCCCC(=O)Nc2cccc(C(N)=O)c2C)cc1. The Balaban J connectivity index is 1.80. The summed E-state index contributed by atoms with van der Waals surface area (Å²) in [5.41, 5.74) is 7.55. The zero-order chi connectivity index (χ0) is 19.1. The lowest BCUT2D eigenvalue weighted by molar-refractivity contribution is -0.116. The maximum Gasteiger partial charge on any atom is 0.249 e. The number of hydrogen-bond donors (Lipinski definition) is 2. The molecule has 3 N–H and O–H groups in total. The first-order chi connectivity index (χ1) is 12.4. The third-order valence-corrected chi connectivity index (χ3v) is 3.95. The van der Waals surface area contributed by atoms with Crippen molar-refractivity contribution < 1.29 is 19.1 Å². The summed E-state index contributed by atoms with van der Waals surface area (Å²) in [6.07, 6.45) is 0.820. The fourth-order valence-electron chi connectivity index (χ4n) is 2.46. The molecule has 0 radical (unpaired) electrons. The van der Waals surface area contributed by atoms with Crippen LogP contribution < -0.4 is 15.8 Å². The van der Waals surface area contributed by atoms with Crippen LogP contribution in [0.3, 0.4) is 0 Å². The number of carbonyl (C=O) groups is 3. The van der Waals surface area contributed by atoms with Crippen LogP contribution in [0.2, 0.25) is 0 Å². The number of ketones is 1. The molecule has 2 rings (SSSR count). The molecule has 0 unspecified atom stereocenters. The average Bonchev–Trinajstić information content (AvgIpc) is 2.60. The molecule has 6 heteroatoms. The first-order valence-electron chi connectivity index (χ1n) is 8.31. The summed E-state index contributed by atoms with van der Waals surface area (Å²) >= 11 is 0. The highest BCUT2D eigenvalue weighted by Gasteiger charge is 2.10. The van der Waals surface area contributed by atoms with Crippen LogP contribution in [0, 0.1) is 6.92 Å². The zero-order valence-electron chi connectivity index (χ0n) is 14.9. The van der Waals surface area contributed by atoms with E-state index < -0.39 is 5.91 Å². The molecule has 26 heavy (non-hydrogen) atoms. The van der Waals surface area contributed by atoms with Gasteiger partial charge in [-0.25, -0.2) is 0 Å². The molecular formula is C20H22N2O4. The van der Waals surface area contributed by atoms with Gasteiger partial charge in [0.15, 0.2) is 5.78 Å². The molecule has 0 spiro atoms. The average molecular weight is 354 g/mol. The van der Waals surface area contributed by atoms with Gasteiger partial charge < -0.3 is 15.8 Å². The van der Waals surface area contributed by atoms with E-state index in [1.54, 1.807) is 49.4 Å². The lowest BCUT2D eigenvalue weighted by Gasteiger charge is -2.11. The Morgan fingerprint density at radius 3 is 2.38 bits per heavy atom. The molecule has 0 aliphatic heterocycles. The molecule has 0 bridgehead atoms. The van der Waals surface area contributed by atoms with E-state index >= 15 is 0 Å². The molecule has 0 heterocycles. The second-order valence-corrected chi connectivity index (χ2v) is 5.92. The monoisotopic (exact) mass is 354 g/mol. The number of anilines is 1. The fourth-order valence-corrected chi connectivity index (χ4v) is 2.46. The number of primary amides is 1. The maximum absolute atomic E-state index is 12.1. The number of nitrogens with two attached hydrogens (primary N) is 1. The Hall–Kier alpha value is -3.15. The van der Waals surface area contributed by atoms with E-state index in [2.05, 4.69) is 5.32 Å². The molecule has 136 valence electrons. The summed E-state index contributed by atoms with van der Waals surface area (Å²) in [5, 5.41) is 2.78. The fraction of sp³-hybridized carbons (Fsp3) is 0.250. The lowest BCUT2D eigenvalue weighted by atomic mass is 10.1. The van der Waals surface area contributed by atoms with Gasteiger partial charge in [0.2, 0.25) is 11.8 Å². The predicted octanol–water partition coefficient (Wildman–Crippen LogP) is 3.09. The second kappa shape index (κ2) is 8.80. The number of nitrogens with one attached hydrogen (secondary N) is 1. The van der Waals surface area contributed by atoms with E-state index in [0.29, 0.717) is 41.2 Å². The van der Waals surface area contributed by atoms with Gasteiger partial charge in [-0.05, 0) is 62.2 Å². The van der Waals surface area contributed by atoms with Gasteiger partial charge in [0, 0.05) is 23.2 Å².